The third-order valence-electron chi connectivity index (χ3n) is 4.52. The number of thioether (sulfide) groups is 2. The predicted molar refractivity (Wildman–Crippen MR) is 136 cm³/mol. The summed E-state index contributed by atoms with van der Waals surface area (Å²) in [5.74, 6) is -0.595. The first-order valence-electron chi connectivity index (χ1n) is 10.2. The number of aromatic nitrogens is 2. The van der Waals surface area contributed by atoms with Gasteiger partial charge in [-0.25, -0.2) is 9.59 Å². The molecule has 0 radical (unpaired) electrons. The third-order valence-corrected chi connectivity index (χ3v) is 6.65. The van der Waals surface area contributed by atoms with Gasteiger partial charge in [-0.15, -0.1) is 23.5 Å². The van der Waals surface area contributed by atoms with Gasteiger partial charge in [0.15, 0.2) is 0 Å². The topological polar surface area (TPSA) is 100 Å². The number of hydrogen-bond donors (Lipinski definition) is 2. The standard InChI is InChI=1S/C22H18N2S2.C4H4O4/c1-2-4-18-14-20(16-26-22-7-11-24-12-8-22)19(13-17(18)3-1)15-25-21-5-9-23-10-6-21;5-3(6)1-2-4(7)8/h1-14H,15-16H2;1-2H,(H,5,6)(H,7,8)/b;2-1+. The van der Waals surface area contributed by atoms with E-state index in [0.717, 1.165) is 11.5 Å². The Bertz CT molecular complexity index is 1170. The summed E-state index contributed by atoms with van der Waals surface area (Å²) in [6.45, 7) is 0. The van der Waals surface area contributed by atoms with Crippen molar-refractivity contribution in [3.8, 4) is 0 Å². The Hall–Kier alpha value is -3.62. The highest BCUT2D eigenvalue weighted by atomic mass is 32.2. The lowest BCUT2D eigenvalue weighted by molar-refractivity contribution is -0.134. The number of carbonyl (C=O) groups is 2. The number of pyridine rings is 2. The highest BCUT2D eigenvalue weighted by Gasteiger charge is 2.07. The smallest absolute Gasteiger partial charge is 0.328 e. The van der Waals surface area contributed by atoms with E-state index in [0.29, 0.717) is 12.2 Å². The molecule has 0 atom stereocenters. The van der Waals surface area contributed by atoms with Gasteiger partial charge in [-0.05, 0) is 46.2 Å². The predicted octanol–water partition coefficient (Wildman–Crippen LogP) is 5.93. The molecule has 4 aromatic rings. The first-order valence-corrected chi connectivity index (χ1v) is 12.2. The van der Waals surface area contributed by atoms with Crippen LogP contribution in [0.15, 0.2) is 107 Å². The molecule has 0 aliphatic carbocycles. The van der Waals surface area contributed by atoms with E-state index < -0.39 is 11.9 Å². The molecule has 0 bridgehead atoms. The van der Waals surface area contributed by atoms with Crippen molar-refractivity contribution >= 4 is 46.2 Å². The van der Waals surface area contributed by atoms with Crippen LogP contribution in [0, 0.1) is 0 Å². The van der Waals surface area contributed by atoms with Crippen LogP contribution in [0.3, 0.4) is 0 Å². The zero-order chi connectivity index (χ0) is 24.2. The van der Waals surface area contributed by atoms with Crippen LogP contribution in [0.5, 0.6) is 0 Å². The molecular weight excluding hydrogens is 468 g/mol. The van der Waals surface area contributed by atoms with Crippen LogP contribution in [0.2, 0.25) is 0 Å². The Balaban J connectivity index is 0.000000350. The van der Waals surface area contributed by atoms with E-state index in [2.05, 4.69) is 70.6 Å². The van der Waals surface area contributed by atoms with Crippen LogP contribution in [-0.4, -0.2) is 32.1 Å². The Kier molecular flexibility index (Phi) is 9.69. The van der Waals surface area contributed by atoms with E-state index in [4.69, 9.17) is 10.2 Å². The second-order valence-corrected chi connectivity index (χ2v) is 9.02. The molecular formula is C26H22N2O4S2. The molecule has 0 saturated carbocycles. The van der Waals surface area contributed by atoms with E-state index >= 15 is 0 Å². The largest absolute Gasteiger partial charge is 0.478 e. The highest BCUT2D eigenvalue weighted by molar-refractivity contribution is 7.99. The van der Waals surface area contributed by atoms with Gasteiger partial charge in [-0.2, -0.15) is 0 Å². The van der Waals surface area contributed by atoms with Crippen molar-refractivity contribution in [2.24, 2.45) is 0 Å². The molecule has 2 aromatic heterocycles. The van der Waals surface area contributed by atoms with Crippen molar-refractivity contribution in [3.63, 3.8) is 0 Å². The Morgan fingerprint density at radius 3 is 1.41 bits per heavy atom. The summed E-state index contributed by atoms with van der Waals surface area (Å²) in [5, 5.41) is 18.2. The molecule has 0 spiro atoms. The summed E-state index contributed by atoms with van der Waals surface area (Å²) < 4.78 is 0. The van der Waals surface area contributed by atoms with Gasteiger partial charge in [0.25, 0.3) is 0 Å². The Morgan fingerprint density at radius 1 is 0.676 bits per heavy atom. The number of benzene rings is 2. The lowest BCUT2D eigenvalue weighted by atomic mass is 10.0. The number of aliphatic carboxylic acids is 2. The molecule has 4 rings (SSSR count). The molecule has 172 valence electrons. The van der Waals surface area contributed by atoms with Gasteiger partial charge in [-0.1, -0.05) is 36.4 Å². The maximum absolute atomic E-state index is 9.55. The number of hydrogen-bond acceptors (Lipinski definition) is 6. The van der Waals surface area contributed by atoms with E-state index in [-0.39, 0.29) is 0 Å². The van der Waals surface area contributed by atoms with E-state index in [1.165, 1.54) is 31.7 Å². The molecule has 2 N–H and O–H groups in total. The number of carboxylic acid groups (broad SMARTS) is 2. The van der Waals surface area contributed by atoms with E-state index in [9.17, 15) is 9.59 Å². The van der Waals surface area contributed by atoms with Crippen molar-refractivity contribution in [1.82, 2.24) is 9.97 Å². The molecule has 0 saturated heterocycles. The zero-order valence-corrected chi connectivity index (χ0v) is 19.7. The number of fused-ring (bicyclic) bond motifs is 1. The van der Waals surface area contributed by atoms with Crippen LogP contribution < -0.4 is 0 Å². The molecule has 6 nitrogen and oxygen atoms in total. The summed E-state index contributed by atoms with van der Waals surface area (Å²) in [4.78, 5) is 29.8. The second-order valence-electron chi connectivity index (χ2n) is 6.92. The molecule has 0 aliphatic rings. The summed E-state index contributed by atoms with van der Waals surface area (Å²) in [7, 11) is 0. The molecule has 0 fully saturated rings. The van der Waals surface area contributed by atoms with Crippen LogP contribution >= 0.6 is 23.5 Å². The van der Waals surface area contributed by atoms with Crippen molar-refractivity contribution in [3.05, 3.63) is 109 Å². The van der Waals surface area contributed by atoms with Gasteiger partial charge in [0.2, 0.25) is 0 Å². The summed E-state index contributed by atoms with van der Waals surface area (Å²) in [6, 6.07) is 21.5. The fourth-order valence-corrected chi connectivity index (χ4v) is 4.75. The molecule has 2 heterocycles. The van der Waals surface area contributed by atoms with Crippen LogP contribution in [0.1, 0.15) is 11.1 Å². The molecule has 34 heavy (non-hydrogen) atoms. The number of rotatable bonds is 8. The maximum atomic E-state index is 9.55. The van der Waals surface area contributed by atoms with Gasteiger partial charge in [-0.3, -0.25) is 9.97 Å². The van der Waals surface area contributed by atoms with Crippen molar-refractivity contribution < 1.29 is 19.8 Å². The molecule has 0 aliphatic heterocycles. The van der Waals surface area contributed by atoms with E-state index in [1.807, 2.05) is 48.3 Å². The van der Waals surface area contributed by atoms with Crippen molar-refractivity contribution in [2.75, 3.05) is 0 Å². The Morgan fingerprint density at radius 2 is 1.06 bits per heavy atom. The van der Waals surface area contributed by atoms with Gasteiger partial charge in [0.05, 0.1) is 0 Å². The third kappa shape index (κ3) is 8.38. The minimum atomic E-state index is -1.26. The van der Waals surface area contributed by atoms with Crippen molar-refractivity contribution in [1.29, 1.82) is 0 Å². The first kappa shape index (κ1) is 25.0. The minimum absolute atomic E-state index is 0.558. The first-order chi connectivity index (χ1) is 16.5. The van der Waals surface area contributed by atoms with Gasteiger partial charge in [0, 0.05) is 58.2 Å². The fourth-order valence-electron chi connectivity index (χ4n) is 2.94. The highest BCUT2D eigenvalue weighted by Crippen LogP contribution is 2.31. The number of carboxylic acids is 2. The zero-order valence-electron chi connectivity index (χ0n) is 18.1. The molecule has 0 amide bonds. The maximum Gasteiger partial charge on any atom is 0.328 e. The quantitative estimate of drug-likeness (QED) is 0.232. The summed E-state index contributed by atoms with van der Waals surface area (Å²) >= 11 is 3.72. The molecule has 8 heteroatoms. The number of nitrogens with zero attached hydrogens (tertiary/aromatic N) is 2. The van der Waals surface area contributed by atoms with Crippen LogP contribution in [0.25, 0.3) is 10.8 Å². The summed E-state index contributed by atoms with van der Waals surface area (Å²) in [6.07, 6.45) is 8.52. The van der Waals surface area contributed by atoms with Gasteiger partial charge < -0.3 is 10.2 Å². The average molecular weight is 491 g/mol. The molecule has 2 aromatic carbocycles. The minimum Gasteiger partial charge on any atom is -0.478 e. The van der Waals surface area contributed by atoms with Gasteiger partial charge in [0.1, 0.15) is 0 Å². The lowest BCUT2D eigenvalue weighted by Gasteiger charge is -2.12. The molecule has 0 unspecified atom stereocenters. The second kappa shape index (κ2) is 13.2. The van der Waals surface area contributed by atoms with Crippen LogP contribution in [0.4, 0.5) is 0 Å². The van der Waals surface area contributed by atoms with Crippen LogP contribution in [-0.2, 0) is 21.1 Å². The van der Waals surface area contributed by atoms with E-state index in [1.54, 1.807) is 0 Å². The van der Waals surface area contributed by atoms with Gasteiger partial charge >= 0.3 is 11.9 Å². The normalized spacial score (nSPS) is 10.6. The average Bonchev–Trinajstić information content (AvgIpc) is 2.86. The SMILES string of the molecule is O=C(O)/C=C/C(=O)O.c1ccc2cc(CSc3ccncc3)c(CSc3ccncc3)cc2c1. The fraction of sp³-hybridized carbons (Fsp3) is 0.0769. The Labute approximate surface area is 205 Å². The van der Waals surface area contributed by atoms with Crippen molar-refractivity contribution in [2.45, 2.75) is 21.3 Å². The lowest BCUT2D eigenvalue weighted by Crippen LogP contribution is -1.92. The summed E-state index contributed by atoms with van der Waals surface area (Å²) in [5.41, 5.74) is 2.79. The monoisotopic (exact) mass is 490 g/mol.